The third kappa shape index (κ3) is 12.3. The standard InChI is InChI=1S/C75H70N12/c1-3-5-7-9-11-17-39-75(40-18-12-10-8-6-4-2)63-49-59(86-51-73(82-84-86)55-31-27-53(28-32-55)57-45-69(65-23-13-19-41-76-65)80-70(46-57)66-24-14-20-42-77-66)35-37-61(63)62-38-36-60(50-64(62)75)87-52-74(83-85-87)56-33-29-54(30-34-56)58-47-71(67-25-15-21-43-78-67)81-72(48-58)68-26-16-22-44-79-68/h13-16,19-38,41-52H,3-12,17-18,39-40H2,1-2H3. The zero-order valence-electron chi connectivity index (χ0n) is 49.6. The maximum Gasteiger partial charge on any atom is 0.113 e. The molecular formula is C75H70N12. The summed E-state index contributed by atoms with van der Waals surface area (Å²) >= 11 is 0. The lowest BCUT2D eigenvalue weighted by atomic mass is 9.70. The van der Waals surface area contributed by atoms with Gasteiger partial charge in [0.25, 0.3) is 0 Å². The molecule has 0 unspecified atom stereocenters. The number of pyridine rings is 6. The Hall–Kier alpha value is -9.94. The normalized spacial score (nSPS) is 12.3. The van der Waals surface area contributed by atoms with Gasteiger partial charge in [-0.3, -0.25) is 19.9 Å². The molecule has 0 saturated heterocycles. The van der Waals surface area contributed by atoms with Crippen molar-refractivity contribution in [1.82, 2.24) is 59.9 Å². The lowest BCUT2D eigenvalue weighted by Crippen LogP contribution is -2.26. The smallest absolute Gasteiger partial charge is 0.113 e. The maximum absolute atomic E-state index is 4.99. The lowest BCUT2D eigenvalue weighted by Gasteiger charge is -2.33. The van der Waals surface area contributed by atoms with Crippen LogP contribution >= 0.6 is 0 Å². The first-order chi connectivity index (χ1) is 43.0. The van der Waals surface area contributed by atoms with Crippen LogP contribution in [0.5, 0.6) is 0 Å². The van der Waals surface area contributed by atoms with E-state index in [9.17, 15) is 0 Å². The van der Waals surface area contributed by atoms with Crippen molar-refractivity contribution >= 4 is 0 Å². The fourth-order valence-corrected chi connectivity index (χ4v) is 12.5. The van der Waals surface area contributed by atoms with E-state index in [1.54, 1.807) is 24.8 Å². The third-order valence-corrected chi connectivity index (χ3v) is 17.1. The Labute approximate surface area is 509 Å². The molecule has 0 saturated carbocycles. The van der Waals surface area contributed by atoms with Gasteiger partial charge in [-0.05, 0) is 154 Å². The number of fused-ring (bicyclic) bond motifs is 3. The van der Waals surface area contributed by atoms with Gasteiger partial charge in [-0.1, -0.05) is 186 Å². The highest BCUT2D eigenvalue weighted by atomic mass is 15.4. The molecule has 0 radical (unpaired) electrons. The highest BCUT2D eigenvalue weighted by Gasteiger charge is 2.43. The van der Waals surface area contributed by atoms with E-state index in [0.717, 1.165) is 127 Å². The van der Waals surface area contributed by atoms with E-state index < -0.39 is 0 Å². The lowest BCUT2D eigenvalue weighted by molar-refractivity contribution is 0.397. The van der Waals surface area contributed by atoms with Crippen LogP contribution in [0.2, 0.25) is 0 Å². The molecule has 12 nitrogen and oxygen atoms in total. The number of rotatable bonds is 24. The molecular weight excluding hydrogens is 1070 g/mol. The van der Waals surface area contributed by atoms with E-state index in [1.165, 1.54) is 86.5 Å². The van der Waals surface area contributed by atoms with Gasteiger partial charge in [-0.25, -0.2) is 19.3 Å². The molecule has 0 atom stereocenters. The van der Waals surface area contributed by atoms with E-state index in [2.05, 4.69) is 155 Å². The van der Waals surface area contributed by atoms with Crippen molar-refractivity contribution in [3.63, 3.8) is 0 Å². The van der Waals surface area contributed by atoms with Crippen LogP contribution in [0.15, 0.2) is 219 Å². The molecule has 8 heterocycles. The summed E-state index contributed by atoms with van der Waals surface area (Å²) in [7, 11) is 0. The predicted octanol–water partition coefficient (Wildman–Crippen LogP) is 18.3. The van der Waals surface area contributed by atoms with Crippen molar-refractivity contribution in [2.24, 2.45) is 0 Å². The number of hydrogen-bond donors (Lipinski definition) is 0. The molecule has 0 spiro atoms. The summed E-state index contributed by atoms with van der Waals surface area (Å²) in [6.07, 6.45) is 28.3. The average Bonchev–Trinajstić information content (AvgIpc) is 2.02. The third-order valence-electron chi connectivity index (χ3n) is 17.1. The molecule has 12 heteroatoms. The van der Waals surface area contributed by atoms with Crippen LogP contribution in [-0.2, 0) is 5.41 Å². The van der Waals surface area contributed by atoms with Gasteiger partial charge in [0, 0.05) is 41.3 Å². The van der Waals surface area contributed by atoms with Crippen molar-refractivity contribution in [3.05, 3.63) is 230 Å². The minimum absolute atomic E-state index is 0.204. The topological polar surface area (TPSA) is 139 Å². The number of aromatic nitrogens is 12. The van der Waals surface area contributed by atoms with E-state index in [1.807, 2.05) is 82.2 Å². The van der Waals surface area contributed by atoms with Crippen LogP contribution in [0.1, 0.15) is 115 Å². The first-order valence-electron chi connectivity index (χ1n) is 31.1. The van der Waals surface area contributed by atoms with E-state index in [4.69, 9.17) is 30.6 Å². The highest BCUT2D eigenvalue weighted by Crippen LogP contribution is 2.55. The fraction of sp³-hybridized carbons (Fsp3) is 0.227. The first-order valence-corrected chi connectivity index (χ1v) is 31.1. The van der Waals surface area contributed by atoms with E-state index >= 15 is 0 Å². The molecule has 12 aromatic rings. The Morgan fingerprint density at radius 1 is 0.310 bits per heavy atom. The van der Waals surface area contributed by atoms with Gasteiger partial charge in [0.2, 0.25) is 0 Å². The van der Waals surface area contributed by atoms with Gasteiger partial charge in [0.1, 0.15) is 11.4 Å². The van der Waals surface area contributed by atoms with Crippen molar-refractivity contribution in [3.8, 4) is 113 Å². The summed E-state index contributed by atoms with van der Waals surface area (Å²) < 4.78 is 3.91. The van der Waals surface area contributed by atoms with Crippen LogP contribution in [0.25, 0.3) is 113 Å². The number of nitrogens with zero attached hydrogens (tertiary/aromatic N) is 12. The van der Waals surface area contributed by atoms with Crippen LogP contribution in [0.3, 0.4) is 0 Å². The fourth-order valence-electron chi connectivity index (χ4n) is 12.5. The molecule has 1 aliphatic rings. The molecule has 13 rings (SSSR count). The highest BCUT2D eigenvalue weighted by molar-refractivity contribution is 5.84. The second-order valence-electron chi connectivity index (χ2n) is 22.9. The molecule has 0 amide bonds. The molecule has 0 fully saturated rings. The average molecular weight is 1140 g/mol. The van der Waals surface area contributed by atoms with Crippen molar-refractivity contribution in [2.45, 2.75) is 109 Å². The van der Waals surface area contributed by atoms with Crippen LogP contribution in [0, 0.1) is 0 Å². The van der Waals surface area contributed by atoms with E-state index in [0.29, 0.717) is 0 Å². The van der Waals surface area contributed by atoms with E-state index in [-0.39, 0.29) is 5.41 Å². The Kier molecular flexibility index (Phi) is 16.9. The van der Waals surface area contributed by atoms with Crippen molar-refractivity contribution in [1.29, 1.82) is 0 Å². The molecule has 8 aromatic heterocycles. The monoisotopic (exact) mass is 1140 g/mol. The van der Waals surface area contributed by atoms with Gasteiger partial charge in [0.15, 0.2) is 0 Å². The number of unbranched alkanes of at least 4 members (excludes halogenated alkanes) is 10. The molecule has 430 valence electrons. The zero-order chi connectivity index (χ0) is 58.8. The molecule has 1 aliphatic carbocycles. The van der Waals surface area contributed by atoms with Crippen LogP contribution in [-0.4, -0.2) is 59.9 Å². The summed E-state index contributed by atoms with van der Waals surface area (Å²) in [5.41, 5.74) is 21.3. The summed E-state index contributed by atoms with van der Waals surface area (Å²) in [6.45, 7) is 4.59. The second kappa shape index (κ2) is 26.1. The van der Waals surface area contributed by atoms with Gasteiger partial charge < -0.3 is 0 Å². The SMILES string of the molecule is CCCCCCCCC1(CCCCCCCC)c2cc(-n3cc(-c4ccc(-c5cc(-c6ccccn6)nc(-c6ccccn6)c5)cc4)nn3)ccc2-c2ccc(-n3cc(-c4ccc(-c5cc(-c6ccccn6)nc(-c6ccccn6)c5)cc4)nn3)cc21. The first kappa shape index (κ1) is 56.2. The Balaban J connectivity index is 0.805. The summed E-state index contributed by atoms with van der Waals surface area (Å²) in [5, 5.41) is 19.2. The molecule has 4 aromatic carbocycles. The minimum atomic E-state index is -0.204. The Bertz CT molecular complexity index is 3850. The molecule has 0 bridgehead atoms. The van der Waals surface area contributed by atoms with Gasteiger partial charge in [0.05, 0.1) is 69.3 Å². The largest absolute Gasteiger partial charge is 0.255 e. The maximum atomic E-state index is 4.99. The Morgan fingerprint density at radius 2 is 0.655 bits per heavy atom. The van der Waals surface area contributed by atoms with Crippen molar-refractivity contribution < 1.29 is 0 Å². The molecule has 0 N–H and O–H groups in total. The van der Waals surface area contributed by atoms with Gasteiger partial charge >= 0.3 is 0 Å². The van der Waals surface area contributed by atoms with Gasteiger partial charge in [-0.15, -0.1) is 10.2 Å². The molecule has 0 aliphatic heterocycles. The summed E-state index contributed by atoms with van der Waals surface area (Å²) in [6, 6.07) is 63.0. The second-order valence-corrected chi connectivity index (χ2v) is 22.9. The summed E-state index contributed by atoms with van der Waals surface area (Å²) in [5.74, 6) is 0. The zero-order valence-corrected chi connectivity index (χ0v) is 49.6. The number of benzene rings is 4. The summed E-state index contributed by atoms with van der Waals surface area (Å²) in [4.78, 5) is 28.5. The number of hydrogen-bond acceptors (Lipinski definition) is 10. The van der Waals surface area contributed by atoms with Crippen molar-refractivity contribution in [2.75, 3.05) is 0 Å². The Morgan fingerprint density at radius 3 is 1.00 bits per heavy atom. The van der Waals surface area contributed by atoms with Crippen LogP contribution < -0.4 is 0 Å². The quantitative estimate of drug-likeness (QED) is 0.0537. The van der Waals surface area contributed by atoms with Gasteiger partial charge in [-0.2, -0.15) is 0 Å². The molecule has 87 heavy (non-hydrogen) atoms. The minimum Gasteiger partial charge on any atom is -0.255 e. The predicted molar refractivity (Wildman–Crippen MR) is 349 cm³/mol. The van der Waals surface area contributed by atoms with Crippen LogP contribution in [0.4, 0.5) is 0 Å².